The van der Waals surface area contributed by atoms with Gasteiger partial charge in [-0.25, -0.2) is 19.9 Å². The van der Waals surface area contributed by atoms with Crippen molar-refractivity contribution >= 4 is 53.4 Å². The monoisotopic (exact) mass is 658 g/mol. The van der Waals surface area contributed by atoms with E-state index >= 15 is 0 Å². The van der Waals surface area contributed by atoms with Gasteiger partial charge in [0.2, 0.25) is 5.89 Å². The van der Waals surface area contributed by atoms with Crippen LogP contribution < -0.4 is 0 Å². The van der Waals surface area contributed by atoms with Gasteiger partial charge in [0.05, 0.1) is 5.56 Å². The fourth-order valence-corrected chi connectivity index (χ4v) is 7.85. The lowest BCUT2D eigenvalue weighted by Gasteiger charge is -2.10. The molecular formula is C44H26N4OS. The molecule has 0 atom stereocenters. The van der Waals surface area contributed by atoms with Gasteiger partial charge in [-0.1, -0.05) is 127 Å². The van der Waals surface area contributed by atoms with E-state index in [1.165, 1.54) is 4.70 Å². The summed E-state index contributed by atoms with van der Waals surface area (Å²) in [6.45, 7) is 0. The number of fused-ring (bicyclic) bond motifs is 5. The summed E-state index contributed by atoms with van der Waals surface area (Å²) in [5, 5.41) is 4.49. The zero-order valence-corrected chi connectivity index (χ0v) is 27.4. The zero-order chi connectivity index (χ0) is 33.0. The second-order valence-corrected chi connectivity index (χ2v) is 13.4. The van der Waals surface area contributed by atoms with Crippen molar-refractivity contribution in [2.24, 2.45) is 0 Å². The Kier molecular flexibility index (Phi) is 6.60. The van der Waals surface area contributed by atoms with Crippen molar-refractivity contribution in [3.05, 3.63) is 158 Å². The van der Waals surface area contributed by atoms with Gasteiger partial charge in [-0.3, -0.25) is 0 Å². The average Bonchev–Trinajstić information content (AvgIpc) is 3.78. The average molecular weight is 659 g/mol. The van der Waals surface area contributed by atoms with Crippen LogP contribution in [0.2, 0.25) is 0 Å². The van der Waals surface area contributed by atoms with Gasteiger partial charge in [0, 0.05) is 42.9 Å². The maximum Gasteiger partial charge on any atom is 0.227 e. The predicted octanol–water partition coefficient (Wildman–Crippen LogP) is 11.9. The molecule has 0 spiro atoms. The number of benzene rings is 7. The van der Waals surface area contributed by atoms with Crippen molar-refractivity contribution in [2.45, 2.75) is 0 Å². The van der Waals surface area contributed by atoms with Gasteiger partial charge in [0.25, 0.3) is 0 Å². The standard InChI is InChI=1S/C44H26N4OS/c1-3-11-27(12-4-1)29-19-22-31(23-20-29)44-45-40-35(49-44)26-37-38(34-17-9-10-18-36(34)50-37)39(40)43-47-41(30-14-5-2-6-15-30)46-42(48-43)33-24-21-28-13-7-8-16-32(28)25-33/h1-26H. The van der Waals surface area contributed by atoms with Crippen LogP contribution in [0.4, 0.5) is 0 Å². The topological polar surface area (TPSA) is 64.7 Å². The highest BCUT2D eigenvalue weighted by molar-refractivity contribution is 7.26. The predicted molar refractivity (Wildman–Crippen MR) is 205 cm³/mol. The maximum absolute atomic E-state index is 6.57. The first kappa shape index (κ1) is 28.5. The van der Waals surface area contributed by atoms with Crippen molar-refractivity contribution in [1.29, 1.82) is 0 Å². The molecule has 0 fully saturated rings. The van der Waals surface area contributed by atoms with Crippen LogP contribution in [0.25, 0.3) is 98.8 Å². The van der Waals surface area contributed by atoms with E-state index in [0.717, 1.165) is 65.1 Å². The summed E-state index contributed by atoms with van der Waals surface area (Å²) in [5.41, 5.74) is 7.28. The van der Waals surface area contributed by atoms with Crippen molar-refractivity contribution in [1.82, 2.24) is 19.9 Å². The molecule has 234 valence electrons. The fourth-order valence-electron chi connectivity index (χ4n) is 6.71. The van der Waals surface area contributed by atoms with E-state index in [-0.39, 0.29) is 0 Å². The smallest absolute Gasteiger partial charge is 0.227 e. The molecule has 0 radical (unpaired) electrons. The number of hydrogen-bond acceptors (Lipinski definition) is 6. The van der Waals surface area contributed by atoms with Gasteiger partial charge in [-0.15, -0.1) is 11.3 Å². The van der Waals surface area contributed by atoms with Crippen molar-refractivity contribution in [3.63, 3.8) is 0 Å². The van der Waals surface area contributed by atoms with Gasteiger partial charge in [-0.2, -0.15) is 0 Å². The third-order valence-corrected chi connectivity index (χ3v) is 10.3. The Hall–Kier alpha value is -6.50. The first-order chi connectivity index (χ1) is 24.7. The fraction of sp³-hybridized carbons (Fsp3) is 0. The van der Waals surface area contributed by atoms with E-state index in [1.807, 2.05) is 36.4 Å². The van der Waals surface area contributed by atoms with Gasteiger partial charge < -0.3 is 4.42 Å². The summed E-state index contributed by atoms with van der Waals surface area (Å²) < 4.78 is 8.84. The molecule has 50 heavy (non-hydrogen) atoms. The number of thiophene rings is 1. The van der Waals surface area contributed by atoms with Crippen LogP contribution in [0.1, 0.15) is 0 Å². The molecule has 6 heteroatoms. The molecule has 0 unspecified atom stereocenters. The van der Waals surface area contributed by atoms with Crippen molar-refractivity contribution < 1.29 is 4.42 Å². The Morgan fingerprint density at radius 2 is 1.02 bits per heavy atom. The molecule has 0 aliphatic heterocycles. The van der Waals surface area contributed by atoms with Crippen molar-refractivity contribution in [2.75, 3.05) is 0 Å². The molecule has 0 amide bonds. The van der Waals surface area contributed by atoms with Crippen LogP contribution in [-0.2, 0) is 0 Å². The van der Waals surface area contributed by atoms with Crippen LogP contribution in [0.5, 0.6) is 0 Å². The highest BCUT2D eigenvalue weighted by Crippen LogP contribution is 2.44. The Bertz CT molecular complexity index is 2860. The van der Waals surface area contributed by atoms with Gasteiger partial charge in [0.15, 0.2) is 23.1 Å². The SMILES string of the molecule is c1ccc(-c2ccc(-c3nc4c(-c5nc(-c6ccccc6)nc(-c6ccc7ccccc7c6)n5)c5c(cc4o3)sc3ccccc35)cc2)cc1. The Balaban J connectivity index is 1.23. The lowest BCUT2D eigenvalue weighted by Crippen LogP contribution is -2.01. The van der Waals surface area contributed by atoms with Crippen LogP contribution in [0.3, 0.4) is 0 Å². The van der Waals surface area contributed by atoms with E-state index in [0.29, 0.717) is 28.9 Å². The quantitative estimate of drug-likeness (QED) is 0.184. The summed E-state index contributed by atoms with van der Waals surface area (Å²) in [6.07, 6.45) is 0. The molecule has 3 aromatic heterocycles. The lowest BCUT2D eigenvalue weighted by atomic mass is 10.0. The van der Waals surface area contributed by atoms with Gasteiger partial charge >= 0.3 is 0 Å². The first-order valence-electron chi connectivity index (χ1n) is 16.5. The molecule has 10 aromatic rings. The molecular weight excluding hydrogens is 633 g/mol. The molecule has 0 saturated heterocycles. The summed E-state index contributed by atoms with van der Waals surface area (Å²) in [7, 11) is 0. The summed E-state index contributed by atoms with van der Waals surface area (Å²) in [4.78, 5) is 20.6. The molecule has 0 aliphatic carbocycles. The minimum atomic E-state index is 0.551. The number of oxazole rings is 1. The summed E-state index contributed by atoms with van der Waals surface area (Å²) in [5.74, 6) is 2.31. The second kappa shape index (κ2) is 11.6. The van der Waals surface area contributed by atoms with Crippen molar-refractivity contribution in [3.8, 4) is 56.7 Å². The molecule has 7 aromatic carbocycles. The molecule has 0 saturated carbocycles. The van der Waals surface area contributed by atoms with Gasteiger partial charge in [-0.05, 0) is 46.2 Å². The first-order valence-corrected chi connectivity index (χ1v) is 17.3. The molecule has 0 N–H and O–H groups in total. The van der Waals surface area contributed by atoms with E-state index in [2.05, 4.69) is 121 Å². The highest BCUT2D eigenvalue weighted by Gasteiger charge is 2.23. The molecule has 0 bridgehead atoms. The summed E-state index contributed by atoms with van der Waals surface area (Å²) in [6, 6.07) is 54.1. The Morgan fingerprint density at radius 1 is 0.420 bits per heavy atom. The number of nitrogens with zero attached hydrogens (tertiary/aromatic N) is 4. The van der Waals surface area contributed by atoms with Gasteiger partial charge in [0.1, 0.15) is 5.52 Å². The summed E-state index contributed by atoms with van der Waals surface area (Å²) >= 11 is 1.73. The van der Waals surface area contributed by atoms with E-state index in [4.69, 9.17) is 24.4 Å². The molecule has 3 heterocycles. The largest absolute Gasteiger partial charge is 0.436 e. The molecule has 10 rings (SSSR count). The highest BCUT2D eigenvalue weighted by atomic mass is 32.1. The number of hydrogen-bond donors (Lipinski definition) is 0. The van der Waals surface area contributed by atoms with E-state index in [1.54, 1.807) is 11.3 Å². The maximum atomic E-state index is 6.57. The van der Waals surface area contributed by atoms with Crippen LogP contribution in [0, 0.1) is 0 Å². The second-order valence-electron chi connectivity index (χ2n) is 12.3. The number of rotatable bonds is 5. The van der Waals surface area contributed by atoms with Crippen LogP contribution in [0.15, 0.2) is 162 Å². The minimum absolute atomic E-state index is 0.551. The third-order valence-electron chi connectivity index (χ3n) is 9.16. The third kappa shape index (κ3) is 4.85. The van der Waals surface area contributed by atoms with Crippen LogP contribution in [-0.4, -0.2) is 19.9 Å². The number of aromatic nitrogens is 4. The van der Waals surface area contributed by atoms with E-state index < -0.39 is 0 Å². The Morgan fingerprint density at radius 3 is 1.82 bits per heavy atom. The minimum Gasteiger partial charge on any atom is -0.436 e. The van der Waals surface area contributed by atoms with Crippen LogP contribution >= 0.6 is 11.3 Å². The van der Waals surface area contributed by atoms with E-state index in [9.17, 15) is 0 Å². The lowest BCUT2D eigenvalue weighted by molar-refractivity contribution is 0.620. The zero-order valence-electron chi connectivity index (χ0n) is 26.6. The Labute approximate surface area is 291 Å². The molecule has 0 aliphatic rings. The molecule has 5 nitrogen and oxygen atoms in total. The normalized spacial score (nSPS) is 11.6.